The molecule has 0 aliphatic carbocycles. The van der Waals surface area contributed by atoms with Crippen LogP contribution in [0.3, 0.4) is 0 Å². The van der Waals surface area contributed by atoms with E-state index >= 15 is 0 Å². The smallest absolute Gasteiger partial charge is 0.142 e. The van der Waals surface area contributed by atoms with E-state index in [1.165, 1.54) is 56.6 Å². The van der Waals surface area contributed by atoms with Gasteiger partial charge in [0.25, 0.3) is 0 Å². The average molecular weight is 394 g/mol. The summed E-state index contributed by atoms with van der Waals surface area (Å²) in [7, 11) is 1.77. The highest BCUT2D eigenvalue weighted by atomic mass is 16.5. The first kappa shape index (κ1) is 20.2. The topological polar surface area (TPSA) is 19.0 Å². The lowest BCUT2D eigenvalue weighted by atomic mass is 10.0. The Balaban J connectivity index is 1.24. The van der Waals surface area contributed by atoms with E-state index in [0.29, 0.717) is 0 Å². The van der Waals surface area contributed by atoms with Crippen molar-refractivity contribution in [2.75, 3.05) is 57.8 Å². The van der Waals surface area contributed by atoms with E-state index in [-0.39, 0.29) is 0 Å². The second-order valence-corrected chi connectivity index (χ2v) is 8.38. The number of hydrogen-bond donors (Lipinski definition) is 0. The number of rotatable bonds is 7. The van der Waals surface area contributed by atoms with Gasteiger partial charge in [-0.3, -0.25) is 4.90 Å². The SMILES string of the molecule is COc1ccccc1N1CCN([C@@H]2CCCN(CCCc3ccccc3)C2)CC1. The Hall–Kier alpha value is -2.04. The summed E-state index contributed by atoms with van der Waals surface area (Å²) in [6.07, 6.45) is 5.14. The van der Waals surface area contributed by atoms with E-state index in [2.05, 4.69) is 63.2 Å². The number of anilines is 1. The number of piperidine rings is 1. The van der Waals surface area contributed by atoms with Crippen LogP contribution in [0.4, 0.5) is 5.69 Å². The molecular weight excluding hydrogens is 358 g/mol. The van der Waals surface area contributed by atoms with Crippen LogP contribution >= 0.6 is 0 Å². The summed E-state index contributed by atoms with van der Waals surface area (Å²) in [6.45, 7) is 8.22. The zero-order chi connectivity index (χ0) is 19.9. The Morgan fingerprint density at radius 2 is 1.66 bits per heavy atom. The summed E-state index contributed by atoms with van der Waals surface area (Å²) in [5.41, 5.74) is 2.70. The van der Waals surface area contributed by atoms with Crippen LogP contribution in [0.5, 0.6) is 5.75 Å². The number of methoxy groups -OCH3 is 1. The molecule has 0 N–H and O–H groups in total. The van der Waals surface area contributed by atoms with Gasteiger partial charge in [0.05, 0.1) is 12.8 Å². The zero-order valence-corrected chi connectivity index (χ0v) is 17.8. The number of likely N-dealkylation sites (tertiary alicyclic amines) is 1. The number of hydrogen-bond acceptors (Lipinski definition) is 4. The van der Waals surface area contributed by atoms with Crippen molar-refractivity contribution in [2.45, 2.75) is 31.7 Å². The molecule has 2 heterocycles. The van der Waals surface area contributed by atoms with Crippen LogP contribution in [0, 0.1) is 0 Å². The molecule has 1 atom stereocenters. The van der Waals surface area contributed by atoms with Crippen LogP contribution in [0.1, 0.15) is 24.8 Å². The Morgan fingerprint density at radius 3 is 2.45 bits per heavy atom. The number of aryl methyl sites for hydroxylation is 1. The van der Waals surface area contributed by atoms with Gasteiger partial charge in [0, 0.05) is 38.8 Å². The van der Waals surface area contributed by atoms with E-state index < -0.39 is 0 Å². The maximum absolute atomic E-state index is 5.56. The quantitative estimate of drug-likeness (QED) is 0.710. The van der Waals surface area contributed by atoms with Crippen molar-refractivity contribution < 1.29 is 4.74 Å². The molecule has 0 aromatic heterocycles. The molecule has 0 unspecified atom stereocenters. The molecule has 4 heteroatoms. The molecule has 0 radical (unpaired) electrons. The maximum Gasteiger partial charge on any atom is 0.142 e. The minimum Gasteiger partial charge on any atom is -0.495 e. The van der Waals surface area contributed by atoms with Crippen molar-refractivity contribution in [3.05, 3.63) is 60.2 Å². The Morgan fingerprint density at radius 1 is 0.897 bits per heavy atom. The third-order valence-corrected chi connectivity index (χ3v) is 6.52. The number of benzene rings is 2. The van der Waals surface area contributed by atoms with E-state index in [0.717, 1.165) is 38.0 Å². The Bertz CT molecular complexity index is 743. The standard InChI is InChI=1S/C25H35N3O/c1-29-25-14-6-5-13-24(25)28-19-17-27(18-20-28)23-12-8-16-26(21-23)15-7-11-22-9-3-2-4-10-22/h2-6,9-10,13-14,23H,7-8,11-12,15-21H2,1H3/t23-/m1/s1. The molecule has 2 aliphatic heterocycles. The van der Waals surface area contributed by atoms with Crippen molar-refractivity contribution in [3.8, 4) is 5.75 Å². The largest absolute Gasteiger partial charge is 0.495 e. The van der Waals surface area contributed by atoms with E-state index in [1.54, 1.807) is 7.11 Å². The summed E-state index contributed by atoms with van der Waals surface area (Å²) in [4.78, 5) is 7.91. The zero-order valence-electron chi connectivity index (χ0n) is 17.8. The van der Waals surface area contributed by atoms with Gasteiger partial charge in [-0.2, -0.15) is 0 Å². The van der Waals surface area contributed by atoms with Crippen LogP contribution < -0.4 is 9.64 Å². The highest BCUT2D eigenvalue weighted by Gasteiger charge is 2.28. The molecule has 4 rings (SSSR count). The normalized spacial score (nSPS) is 21.3. The van der Waals surface area contributed by atoms with Crippen molar-refractivity contribution in [3.63, 3.8) is 0 Å². The molecule has 156 valence electrons. The minimum absolute atomic E-state index is 0.722. The minimum atomic E-state index is 0.722. The van der Waals surface area contributed by atoms with Gasteiger partial charge in [0.1, 0.15) is 5.75 Å². The van der Waals surface area contributed by atoms with Gasteiger partial charge in [-0.15, -0.1) is 0 Å². The van der Waals surface area contributed by atoms with Crippen molar-refractivity contribution in [1.82, 2.24) is 9.80 Å². The lowest BCUT2D eigenvalue weighted by molar-refractivity contribution is 0.0920. The van der Waals surface area contributed by atoms with Crippen LogP contribution in [0.2, 0.25) is 0 Å². The molecule has 29 heavy (non-hydrogen) atoms. The van der Waals surface area contributed by atoms with E-state index in [9.17, 15) is 0 Å². The first-order valence-corrected chi connectivity index (χ1v) is 11.2. The van der Waals surface area contributed by atoms with Gasteiger partial charge in [-0.25, -0.2) is 0 Å². The van der Waals surface area contributed by atoms with Crippen LogP contribution in [-0.2, 0) is 6.42 Å². The van der Waals surface area contributed by atoms with E-state index in [1.807, 2.05) is 6.07 Å². The second-order valence-electron chi connectivity index (χ2n) is 8.38. The fourth-order valence-corrected chi connectivity index (χ4v) is 4.90. The maximum atomic E-state index is 5.56. The number of para-hydroxylation sites is 2. The third kappa shape index (κ3) is 5.31. The van der Waals surface area contributed by atoms with Crippen molar-refractivity contribution >= 4 is 5.69 Å². The molecule has 0 saturated carbocycles. The van der Waals surface area contributed by atoms with Gasteiger partial charge in [-0.05, 0) is 56.5 Å². The number of ether oxygens (including phenoxy) is 1. The molecular formula is C25H35N3O. The highest BCUT2D eigenvalue weighted by Crippen LogP contribution is 2.29. The predicted octanol–water partition coefficient (Wildman–Crippen LogP) is 3.91. The van der Waals surface area contributed by atoms with Crippen LogP contribution in [0.15, 0.2) is 54.6 Å². The van der Waals surface area contributed by atoms with Crippen molar-refractivity contribution in [2.24, 2.45) is 0 Å². The van der Waals surface area contributed by atoms with Crippen molar-refractivity contribution in [1.29, 1.82) is 0 Å². The average Bonchev–Trinajstić information content (AvgIpc) is 2.80. The Kier molecular flexibility index (Phi) is 7.07. The summed E-state index contributed by atoms with van der Waals surface area (Å²) >= 11 is 0. The summed E-state index contributed by atoms with van der Waals surface area (Å²) in [5.74, 6) is 0.989. The van der Waals surface area contributed by atoms with Gasteiger partial charge in [-0.1, -0.05) is 42.5 Å². The molecule has 2 aromatic rings. The molecule has 2 fully saturated rings. The summed E-state index contributed by atoms with van der Waals surface area (Å²) in [5, 5.41) is 0. The predicted molar refractivity (Wildman–Crippen MR) is 121 cm³/mol. The lowest BCUT2D eigenvalue weighted by Crippen LogP contribution is -2.55. The summed E-state index contributed by atoms with van der Waals surface area (Å²) < 4.78 is 5.56. The monoisotopic (exact) mass is 393 g/mol. The second kappa shape index (κ2) is 10.1. The van der Waals surface area contributed by atoms with Crippen LogP contribution in [0.25, 0.3) is 0 Å². The molecule has 4 nitrogen and oxygen atoms in total. The number of piperazine rings is 1. The lowest BCUT2D eigenvalue weighted by Gasteiger charge is -2.44. The van der Waals surface area contributed by atoms with Gasteiger partial charge < -0.3 is 14.5 Å². The Labute approximate surface area is 176 Å². The molecule has 0 amide bonds. The van der Waals surface area contributed by atoms with E-state index in [4.69, 9.17) is 4.74 Å². The number of nitrogens with zero attached hydrogens (tertiary/aromatic N) is 3. The van der Waals surface area contributed by atoms with Gasteiger partial charge in [0.15, 0.2) is 0 Å². The van der Waals surface area contributed by atoms with Crippen LogP contribution in [-0.4, -0.2) is 68.8 Å². The molecule has 0 spiro atoms. The molecule has 2 saturated heterocycles. The highest BCUT2D eigenvalue weighted by molar-refractivity contribution is 5.58. The summed E-state index contributed by atoms with van der Waals surface area (Å²) in [6, 6.07) is 20.0. The van der Waals surface area contributed by atoms with Gasteiger partial charge in [0.2, 0.25) is 0 Å². The first-order chi connectivity index (χ1) is 14.3. The third-order valence-electron chi connectivity index (χ3n) is 6.52. The fourth-order valence-electron chi connectivity index (χ4n) is 4.90. The first-order valence-electron chi connectivity index (χ1n) is 11.2. The molecule has 2 aliphatic rings. The fraction of sp³-hybridized carbons (Fsp3) is 0.520. The molecule has 2 aromatic carbocycles. The van der Waals surface area contributed by atoms with Gasteiger partial charge >= 0.3 is 0 Å². The molecule has 0 bridgehead atoms.